The number of esters is 1. The van der Waals surface area contributed by atoms with E-state index in [1.54, 1.807) is 48.5 Å². The highest BCUT2D eigenvalue weighted by molar-refractivity contribution is 5.91. The molecule has 30 heavy (non-hydrogen) atoms. The summed E-state index contributed by atoms with van der Waals surface area (Å²) in [5.41, 5.74) is 0.475. The smallest absolute Gasteiger partial charge is 0.343 e. The molecular formula is C23H26O7. The number of epoxide rings is 2. The average Bonchev–Trinajstić information content (AvgIpc) is 3.70. The lowest BCUT2D eigenvalue weighted by atomic mass is 10.2. The Morgan fingerprint density at radius 1 is 0.800 bits per heavy atom. The van der Waals surface area contributed by atoms with Crippen LogP contribution in [0.2, 0.25) is 0 Å². The van der Waals surface area contributed by atoms with Crippen LogP contribution in [0.5, 0.6) is 17.2 Å². The van der Waals surface area contributed by atoms with Gasteiger partial charge in [0.2, 0.25) is 0 Å². The summed E-state index contributed by atoms with van der Waals surface area (Å²) in [7, 11) is 0. The normalized spacial score (nSPS) is 18.5. The van der Waals surface area contributed by atoms with Gasteiger partial charge in [0.15, 0.2) is 0 Å². The number of benzene rings is 2. The first-order valence-corrected chi connectivity index (χ1v) is 9.96. The SMILES string of the molecule is C=O.O=C(Oc1ccc(OCCC2CO2)cc1)c1ccc(OCCCC2CO2)cc1. The minimum Gasteiger partial charge on any atom is -0.494 e. The van der Waals surface area contributed by atoms with Gasteiger partial charge in [-0.15, -0.1) is 0 Å². The highest BCUT2D eigenvalue weighted by atomic mass is 16.6. The zero-order valence-corrected chi connectivity index (χ0v) is 16.8. The fourth-order valence-corrected chi connectivity index (χ4v) is 2.74. The van der Waals surface area contributed by atoms with Crippen LogP contribution >= 0.6 is 0 Å². The molecular weight excluding hydrogens is 388 g/mol. The van der Waals surface area contributed by atoms with Gasteiger partial charge < -0.3 is 28.5 Å². The van der Waals surface area contributed by atoms with Gasteiger partial charge >= 0.3 is 5.97 Å². The third-order valence-corrected chi connectivity index (χ3v) is 4.58. The Morgan fingerprint density at radius 3 is 1.90 bits per heavy atom. The van der Waals surface area contributed by atoms with Crippen molar-refractivity contribution < 1.29 is 33.3 Å². The van der Waals surface area contributed by atoms with E-state index in [1.165, 1.54) is 0 Å². The fraction of sp³-hybridized carbons (Fsp3) is 0.391. The number of hydrogen-bond acceptors (Lipinski definition) is 7. The standard InChI is InChI=1S/C22H24O6.CH2O/c23-22(16-3-5-17(6-4-16)24-12-1-2-20-14-26-20)28-19-9-7-18(8-10-19)25-13-11-21-15-27-21;1-2/h3-10,20-21H,1-2,11-15H2;1H2. The fourth-order valence-electron chi connectivity index (χ4n) is 2.74. The second kappa shape index (κ2) is 11.3. The molecule has 0 spiro atoms. The molecule has 7 heteroatoms. The first kappa shape index (κ1) is 21.8. The maximum absolute atomic E-state index is 12.3. The molecule has 4 rings (SSSR count). The Hall–Kier alpha value is -2.90. The summed E-state index contributed by atoms with van der Waals surface area (Å²) < 4.78 is 27.0. The van der Waals surface area contributed by atoms with Crippen molar-refractivity contribution in [1.82, 2.24) is 0 Å². The highest BCUT2D eigenvalue weighted by Gasteiger charge is 2.22. The van der Waals surface area contributed by atoms with Gasteiger partial charge in [-0.25, -0.2) is 4.79 Å². The van der Waals surface area contributed by atoms with Crippen LogP contribution in [0.1, 0.15) is 29.6 Å². The molecule has 0 N–H and O–H groups in total. The summed E-state index contributed by atoms with van der Waals surface area (Å²) in [5.74, 6) is 1.56. The molecule has 2 saturated heterocycles. The monoisotopic (exact) mass is 414 g/mol. The Bertz CT molecular complexity index is 780. The lowest BCUT2D eigenvalue weighted by Crippen LogP contribution is -2.08. The molecule has 0 bridgehead atoms. The van der Waals surface area contributed by atoms with E-state index in [0.29, 0.717) is 36.7 Å². The van der Waals surface area contributed by atoms with Crippen LogP contribution in [-0.4, -0.2) is 51.4 Å². The molecule has 2 aromatic rings. The van der Waals surface area contributed by atoms with E-state index in [9.17, 15) is 4.79 Å². The Labute approximate surface area is 175 Å². The second-order valence-electron chi connectivity index (χ2n) is 6.92. The molecule has 2 aliphatic heterocycles. The third kappa shape index (κ3) is 7.50. The molecule has 2 aliphatic rings. The van der Waals surface area contributed by atoms with Crippen molar-refractivity contribution in [1.29, 1.82) is 0 Å². The molecule has 2 atom stereocenters. The lowest BCUT2D eigenvalue weighted by Gasteiger charge is -2.08. The molecule has 0 aromatic heterocycles. The number of ether oxygens (including phenoxy) is 5. The van der Waals surface area contributed by atoms with E-state index >= 15 is 0 Å². The highest BCUT2D eigenvalue weighted by Crippen LogP contribution is 2.21. The van der Waals surface area contributed by atoms with Crippen LogP contribution < -0.4 is 14.2 Å². The van der Waals surface area contributed by atoms with Crippen molar-refractivity contribution in [2.45, 2.75) is 31.5 Å². The summed E-state index contributed by atoms with van der Waals surface area (Å²) in [5, 5.41) is 0. The van der Waals surface area contributed by atoms with Gasteiger partial charge in [0.25, 0.3) is 0 Å². The summed E-state index contributed by atoms with van der Waals surface area (Å²) in [6.07, 6.45) is 3.67. The summed E-state index contributed by atoms with van der Waals surface area (Å²) in [6, 6.07) is 14.0. The first-order valence-electron chi connectivity index (χ1n) is 9.96. The minimum absolute atomic E-state index is 0.356. The second-order valence-corrected chi connectivity index (χ2v) is 6.92. The molecule has 0 amide bonds. The van der Waals surface area contributed by atoms with E-state index in [2.05, 4.69) is 0 Å². The van der Waals surface area contributed by atoms with Crippen molar-refractivity contribution in [3.05, 3.63) is 54.1 Å². The van der Waals surface area contributed by atoms with Crippen LogP contribution in [0.15, 0.2) is 48.5 Å². The largest absolute Gasteiger partial charge is 0.494 e. The molecule has 2 unspecified atom stereocenters. The number of carbonyl (C=O) groups excluding carboxylic acids is 2. The predicted molar refractivity (Wildman–Crippen MR) is 109 cm³/mol. The van der Waals surface area contributed by atoms with Gasteiger partial charge in [0, 0.05) is 6.42 Å². The van der Waals surface area contributed by atoms with E-state index in [0.717, 1.165) is 44.0 Å². The molecule has 0 saturated carbocycles. The van der Waals surface area contributed by atoms with Crippen molar-refractivity contribution in [3.63, 3.8) is 0 Å². The van der Waals surface area contributed by atoms with Gasteiger partial charge in [-0.05, 0) is 61.4 Å². The topological polar surface area (TPSA) is 86.9 Å². The maximum Gasteiger partial charge on any atom is 0.343 e. The molecule has 0 radical (unpaired) electrons. The Balaban J connectivity index is 0.00000124. The quantitative estimate of drug-likeness (QED) is 0.241. The molecule has 7 nitrogen and oxygen atoms in total. The summed E-state index contributed by atoms with van der Waals surface area (Å²) in [6.45, 7) is 4.97. The minimum atomic E-state index is -0.406. The first-order chi connectivity index (χ1) is 14.8. The van der Waals surface area contributed by atoms with E-state index in [1.807, 2.05) is 6.79 Å². The molecule has 2 fully saturated rings. The van der Waals surface area contributed by atoms with Gasteiger partial charge in [-0.2, -0.15) is 0 Å². The zero-order valence-electron chi connectivity index (χ0n) is 16.8. The van der Waals surface area contributed by atoms with Gasteiger partial charge in [-0.3, -0.25) is 0 Å². The summed E-state index contributed by atoms with van der Waals surface area (Å²) in [4.78, 5) is 20.3. The van der Waals surface area contributed by atoms with E-state index in [4.69, 9.17) is 28.5 Å². The Morgan fingerprint density at radius 2 is 1.30 bits per heavy atom. The van der Waals surface area contributed by atoms with Gasteiger partial charge in [0.1, 0.15) is 24.0 Å². The average molecular weight is 414 g/mol. The van der Waals surface area contributed by atoms with Crippen molar-refractivity contribution >= 4 is 12.8 Å². The Kier molecular flexibility index (Phi) is 8.23. The molecule has 0 aliphatic carbocycles. The number of carbonyl (C=O) groups is 2. The maximum atomic E-state index is 12.3. The molecule has 2 heterocycles. The summed E-state index contributed by atoms with van der Waals surface area (Å²) >= 11 is 0. The van der Waals surface area contributed by atoms with Crippen molar-refractivity contribution in [2.75, 3.05) is 26.4 Å². The van der Waals surface area contributed by atoms with Crippen molar-refractivity contribution in [3.8, 4) is 17.2 Å². The van der Waals surface area contributed by atoms with E-state index in [-0.39, 0.29) is 0 Å². The van der Waals surface area contributed by atoms with Crippen molar-refractivity contribution in [2.24, 2.45) is 0 Å². The number of rotatable bonds is 11. The van der Waals surface area contributed by atoms with Crippen LogP contribution in [-0.2, 0) is 14.3 Å². The van der Waals surface area contributed by atoms with Crippen LogP contribution in [0.4, 0.5) is 0 Å². The van der Waals surface area contributed by atoms with E-state index < -0.39 is 5.97 Å². The predicted octanol–water partition coefficient (Wildman–Crippen LogP) is 3.45. The molecule has 2 aromatic carbocycles. The van der Waals surface area contributed by atoms with Gasteiger partial charge in [-0.1, -0.05) is 0 Å². The van der Waals surface area contributed by atoms with Crippen LogP contribution in [0.3, 0.4) is 0 Å². The van der Waals surface area contributed by atoms with Gasteiger partial charge in [0.05, 0.1) is 44.2 Å². The van der Waals surface area contributed by atoms with Crippen LogP contribution in [0, 0.1) is 0 Å². The van der Waals surface area contributed by atoms with Crippen LogP contribution in [0.25, 0.3) is 0 Å². The third-order valence-electron chi connectivity index (χ3n) is 4.58. The zero-order chi connectivity index (χ0) is 21.2. The number of hydrogen-bond donors (Lipinski definition) is 0. The molecule has 160 valence electrons. The lowest BCUT2D eigenvalue weighted by molar-refractivity contribution is -0.0980.